The van der Waals surface area contributed by atoms with Crippen LogP contribution in [0.1, 0.15) is 11.1 Å². The lowest BCUT2D eigenvalue weighted by Gasteiger charge is -2.30. The van der Waals surface area contributed by atoms with Crippen molar-refractivity contribution in [3.8, 4) is 0 Å². The molecule has 0 bridgehead atoms. The molecule has 1 aliphatic heterocycles. The summed E-state index contributed by atoms with van der Waals surface area (Å²) in [6, 6.07) is 15.9. The zero-order chi connectivity index (χ0) is 21.0. The van der Waals surface area contributed by atoms with E-state index < -0.39 is 34.4 Å². The minimum absolute atomic E-state index is 0.00638. The smallest absolute Gasteiger partial charge is 0.240 e. The Morgan fingerprint density at radius 3 is 2.34 bits per heavy atom. The van der Waals surface area contributed by atoms with Crippen molar-refractivity contribution in [1.29, 1.82) is 0 Å². The molecular formula is C21H28N2O5S. The van der Waals surface area contributed by atoms with Crippen molar-refractivity contribution in [2.75, 3.05) is 20.2 Å². The van der Waals surface area contributed by atoms with Crippen molar-refractivity contribution in [2.45, 2.75) is 42.7 Å². The molecule has 0 spiro atoms. The van der Waals surface area contributed by atoms with E-state index in [4.69, 9.17) is 4.74 Å². The van der Waals surface area contributed by atoms with Gasteiger partial charge in [0.1, 0.15) is 12.2 Å². The monoisotopic (exact) mass is 420 g/mol. The molecule has 2 aromatic carbocycles. The Bertz CT molecular complexity index is 889. The van der Waals surface area contributed by atoms with Crippen LogP contribution in [0.4, 0.5) is 0 Å². The maximum absolute atomic E-state index is 12.6. The van der Waals surface area contributed by atoms with E-state index in [1.165, 1.54) is 0 Å². The number of nitrogens with one attached hydrogen (secondary N) is 1. The van der Waals surface area contributed by atoms with Gasteiger partial charge in [0, 0.05) is 13.1 Å². The van der Waals surface area contributed by atoms with Gasteiger partial charge < -0.3 is 14.9 Å². The fraction of sp³-hybridized carbons (Fsp3) is 0.429. The number of nitrogens with zero attached hydrogens (tertiary/aromatic N) is 1. The van der Waals surface area contributed by atoms with Crippen LogP contribution in [0.2, 0.25) is 0 Å². The van der Waals surface area contributed by atoms with E-state index in [9.17, 15) is 18.6 Å². The molecule has 1 fully saturated rings. The van der Waals surface area contributed by atoms with Crippen LogP contribution in [-0.4, -0.2) is 68.1 Å². The first-order chi connectivity index (χ1) is 13.8. The number of likely N-dealkylation sites (N-methyl/N-ethyl adjacent to an activating group) is 1. The SMILES string of the molecule is Cc1ccc(S(=O)(=O)NC[C@@H]2O[C@@H](CO)[C@@H](O)[C@H]2N(C)Cc2ccccc2)cc1. The van der Waals surface area contributed by atoms with Crippen molar-refractivity contribution in [3.63, 3.8) is 0 Å². The predicted octanol–water partition coefficient (Wildman–Crippen LogP) is 0.895. The molecule has 8 heteroatoms. The highest BCUT2D eigenvalue weighted by Crippen LogP contribution is 2.26. The molecule has 1 saturated heterocycles. The highest BCUT2D eigenvalue weighted by Gasteiger charge is 2.45. The third kappa shape index (κ3) is 5.22. The van der Waals surface area contributed by atoms with E-state index in [1.807, 2.05) is 49.2 Å². The average molecular weight is 421 g/mol. The van der Waals surface area contributed by atoms with Crippen molar-refractivity contribution >= 4 is 10.0 Å². The van der Waals surface area contributed by atoms with Gasteiger partial charge in [-0.15, -0.1) is 0 Å². The molecule has 3 N–H and O–H groups in total. The number of aliphatic hydroxyl groups excluding tert-OH is 2. The lowest BCUT2D eigenvalue weighted by atomic mass is 10.0. The summed E-state index contributed by atoms with van der Waals surface area (Å²) >= 11 is 0. The molecule has 0 aliphatic carbocycles. The van der Waals surface area contributed by atoms with Crippen LogP contribution in [-0.2, 0) is 21.3 Å². The summed E-state index contributed by atoms with van der Waals surface area (Å²) < 4.78 is 33.6. The van der Waals surface area contributed by atoms with Crippen molar-refractivity contribution in [1.82, 2.24) is 9.62 Å². The second kappa shape index (κ2) is 9.34. The first-order valence-corrected chi connectivity index (χ1v) is 11.0. The topological polar surface area (TPSA) is 99.1 Å². The van der Waals surface area contributed by atoms with Gasteiger partial charge in [0.05, 0.1) is 23.6 Å². The normalized spacial score (nSPS) is 24.9. The van der Waals surface area contributed by atoms with E-state index >= 15 is 0 Å². The number of aryl methyl sites for hydroxylation is 1. The van der Waals surface area contributed by atoms with E-state index in [2.05, 4.69) is 4.72 Å². The first kappa shape index (κ1) is 21.9. The molecule has 29 heavy (non-hydrogen) atoms. The number of hydrogen-bond donors (Lipinski definition) is 3. The highest BCUT2D eigenvalue weighted by molar-refractivity contribution is 7.89. The largest absolute Gasteiger partial charge is 0.394 e. The third-order valence-corrected chi connectivity index (χ3v) is 6.67. The Morgan fingerprint density at radius 1 is 1.07 bits per heavy atom. The molecular weight excluding hydrogens is 392 g/mol. The zero-order valence-corrected chi connectivity index (χ0v) is 17.4. The molecule has 0 radical (unpaired) electrons. The fourth-order valence-electron chi connectivity index (χ4n) is 3.66. The van der Waals surface area contributed by atoms with Gasteiger partial charge in [-0.05, 0) is 31.7 Å². The highest BCUT2D eigenvalue weighted by atomic mass is 32.2. The summed E-state index contributed by atoms with van der Waals surface area (Å²) in [6.45, 7) is 2.11. The van der Waals surface area contributed by atoms with Crippen LogP contribution >= 0.6 is 0 Å². The van der Waals surface area contributed by atoms with Crippen molar-refractivity contribution < 1.29 is 23.4 Å². The second-order valence-corrected chi connectivity index (χ2v) is 9.21. The standard InChI is InChI=1S/C21H28N2O5S/c1-15-8-10-17(11-9-15)29(26,27)22-12-18-20(21(25)19(14-24)28-18)23(2)13-16-6-4-3-5-7-16/h3-11,18-22,24-25H,12-14H2,1-2H3/t18-,19-,20-,21+/m0/s1. The molecule has 2 aromatic rings. The zero-order valence-electron chi connectivity index (χ0n) is 16.6. The second-order valence-electron chi connectivity index (χ2n) is 7.44. The molecule has 3 rings (SSSR count). The molecule has 7 nitrogen and oxygen atoms in total. The number of hydrogen-bond acceptors (Lipinski definition) is 6. The Labute approximate surface area is 172 Å². The molecule has 1 heterocycles. The van der Waals surface area contributed by atoms with Gasteiger partial charge in [0.15, 0.2) is 0 Å². The predicted molar refractivity (Wildman–Crippen MR) is 110 cm³/mol. The van der Waals surface area contributed by atoms with Crippen LogP contribution in [0.15, 0.2) is 59.5 Å². The lowest BCUT2D eigenvalue weighted by molar-refractivity contribution is -0.0201. The lowest BCUT2D eigenvalue weighted by Crippen LogP contribution is -2.49. The molecule has 1 aliphatic rings. The van der Waals surface area contributed by atoms with Crippen LogP contribution in [0.3, 0.4) is 0 Å². The summed E-state index contributed by atoms with van der Waals surface area (Å²) in [7, 11) is -1.85. The van der Waals surface area contributed by atoms with Gasteiger partial charge in [0.2, 0.25) is 10.0 Å². The maximum atomic E-state index is 12.6. The van der Waals surface area contributed by atoms with E-state index in [0.29, 0.717) is 6.54 Å². The molecule has 0 saturated carbocycles. The quantitative estimate of drug-likeness (QED) is 0.587. The number of ether oxygens (including phenoxy) is 1. The first-order valence-electron chi connectivity index (χ1n) is 9.56. The number of sulfonamides is 1. The number of rotatable bonds is 8. The van der Waals surface area contributed by atoms with E-state index in [0.717, 1.165) is 11.1 Å². The van der Waals surface area contributed by atoms with Crippen molar-refractivity contribution in [2.24, 2.45) is 0 Å². The summed E-state index contributed by atoms with van der Waals surface area (Å²) in [5, 5.41) is 20.2. The third-order valence-electron chi connectivity index (χ3n) is 5.23. The van der Waals surface area contributed by atoms with E-state index in [1.54, 1.807) is 24.3 Å². The summed E-state index contributed by atoms with van der Waals surface area (Å²) in [5.41, 5.74) is 2.04. The Morgan fingerprint density at radius 2 is 1.72 bits per heavy atom. The van der Waals surface area contributed by atoms with Crippen LogP contribution in [0, 0.1) is 6.92 Å². The summed E-state index contributed by atoms with van der Waals surface area (Å²) in [6.07, 6.45) is -2.29. The van der Waals surface area contributed by atoms with Crippen LogP contribution in [0.5, 0.6) is 0 Å². The average Bonchev–Trinajstić information content (AvgIpc) is 3.03. The number of benzene rings is 2. The van der Waals surface area contributed by atoms with Gasteiger partial charge in [0.25, 0.3) is 0 Å². The van der Waals surface area contributed by atoms with Gasteiger partial charge in [-0.3, -0.25) is 4.90 Å². The molecule has 158 valence electrons. The minimum Gasteiger partial charge on any atom is -0.394 e. The summed E-state index contributed by atoms with van der Waals surface area (Å²) in [5.74, 6) is 0. The fourth-order valence-corrected chi connectivity index (χ4v) is 4.70. The Kier molecular flexibility index (Phi) is 7.05. The minimum atomic E-state index is -3.71. The number of aliphatic hydroxyl groups is 2. The van der Waals surface area contributed by atoms with Crippen LogP contribution < -0.4 is 4.72 Å². The van der Waals surface area contributed by atoms with Crippen molar-refractivity contribution in [3.05, 3.63) is 65.7 Å². The van der Waals surface area contributed by atoms with Gasteiger partial charge in [-0.25, -0.2) is 13.1 Å². The molecule has 0 aromatic heterocycles. The molecule has 0 amide bonds. The Hall–Kier alpha value is -1.81. The Balaban J connectivity index is 1.72. The molecule has 4 atom stereocenters. The van der Waals surface area contributed by atoms with Gasteiger partial charge in [-0.1, -0.05) is 48.0 Å². The maximum Gasteiger partial charge on any atom is 0.240 e. The van der Waals surface area contributed by atoms with Gasteiger partial charge in [-0.2, -0.15) is 0 Å². The summed E-state index contributed by atoms with van der Waals surface area (Å²) in [4.78, 5) is 2.11. The van der Waals surface area contributed by atoms with Crippen LogP contribution in [0.25, 0.3) is 0 Å². The van der Waals surface area contributed by atoms with E-state index in [-0.39, 0.29) is 18.0 Å². The molecule has 0 unspecified atom stereocenters. The van der Waals surface area contributed by atoms with Gasteiger partial charge >= 0.3 is 0 Å².